The highest BCUT2D eigenvalue weighted by Crippen LogP contribution is 2.14. The number of urea groups is 1. The molecular formula is C11H16N2O. The van der Waals surface area contributed by atoms with Gasteiger partial charge in [0.25, 0.3) is 0 Å². The number of hydrogen-bond donors (Lipinski definition) is 0. The number of carbonyl (C=O) groups is 1. The molecule has 0 aliphatic rings. The maximum absolute atomic E-state index is 11.6. The van der Waals surface area contributed by atoms with Gasteiger partial charge in [0.05, 0.1) is 0 Å². The van der Waals surface area contributed by atoms with Gasteiger partial charge in [0.15, 0.2) is 0 Å². The number of benzene rings is 1. The van der Waals surface area contributed by atoms with E-state index in [4.69, 9.17) is 0 Å². The smallest absolute Gasteiger partial charge is 0.323 e. The van der Waals surface area contributed by atoms with Crippen LogP contribution in [0.15, 0.2) is 24.3 Å². The Morgan fingerprint density at radius 2 is 1.86 bits per heavy atom. The molecule has 0 saturated heterocycles. The van der Waals surface area contributed by atoms with Gasteiger partial charge in [-0.2, -0.15) is 0 Å². The van der Waals surface area contributed by atoms with E-state index in [0.717, 1.165) is 11.3 Å². The lowest BCUT2D eigenvalue weighted by Crippen LogP contribution is -2.36. The van der Waals surface area contributed by atoms with Crippen LogP contribution in [0.1, 0.15) is 5.56 Å². The molecule has 76 valence electrons. The normalized spacial score (nSPS) is 9.71. The van der Waals surface area contributed by atoms with Crippen molar-refractivity contribution in [2.24, 2.45) is 0 Å². The summed E-state index contributed by atoms with van der Waals surface area (Å²) in [6.45, 7) is 2.01. The Morgan fingerprint density at radius 3 is 2.36 bits per heavy atom. The second kappa shape index (κ2) is 4.13. The van der Waals surface area contributed by atoms with Crippen molar-refractivity contribution in [3.63, 3.8) is 0 Å². The molecular weight excluding hydrogens is 176 g/mol. The number of anilines is 1. The Balaban J connectivity index is 2.89. The van der Waals surface area contributed by atoms with Gasteiger partial charge in [-0.1, -0.05) is 12.1 Å². The minimum Gasteiger partial charge on any atom is -0.330 e. The number of carbonyl (C=O) groups excluding carboxylic acids is 1. The van der Waals surface area contributed by atoms with Crippen LogP contribution in [-0.4, -0.2) is 32.1 Å². The van der Waals surface area contributed by atoms with Crippen LogP contribution in [0.25, 0.3) is 0 Å². The van der Waals surface area contributed by atoms with Crippen LogP contribution in [0.3, 0.4) is 0 Å². The summed E-state index contributed by atoms with van der Waals surface area (Å²) < 4.78 is 0. The molecule has 14 heavy (non-hydrogen) atoms. The Hall–Kier alpha value is -1.51. The molecule has 0 fully saturated rings. The van der Waals surface area contributed by atoms with Gasteiger partial charge in [-0.05, 0) is 24.6 Å². The van der Waals surface area contributed by atoms with Crippen molar-refractivity contribution in [2.45, 2.75) is 6.92 Å². The lowest BCUT2D eigenvalue weighted by atomic mass is 10.2. The van der Waals surface area contributed by atoms with Crippen LogP contribution >= 0.6 is 0 Å². The standard InChI is InChI=1S/C11H16N2O/c1-9-6-5-7-10(8-9)13(4)11(14)12(2)3/h5-8H,1-4H3. The first-order valence-electron chi connectivity index (χ1n) is 4.54. The fourth-order valence-electron chi connectivity index (χ4n) is 1.25. The van der Waals surface area contributed by atoms with Crippen molar-refractivity contribution in [1.29, 1.82) is 0 Å². The first kappa shape index (κ1) is 10.6. The molecule has 0 bridgehead atoms. The highest BCUT2D eigenvalue weighted by Gasteiger charge is 2.11. The summed E-state index contributed by atoms with van der Waals surface area (Å²) in [7, 11) is 5.26. The Bertz CT molecular complexity index is 334. The molecule has 0 radical (unpaired) electrons. The monoisotopic (exact) mass is 192 g/mol. The Labute approximate surface area is 84.9 Å². The molecule has 0 aliphatic carbocycles. The van der Waals surface area contributed by atoms with Crippen molar-refractivity contribution in [3.8, 4) is 0 Å². The van der Waals surface area contributed by atoms with Crippen LogP contribution in [-0.2, 0) is 0 Å². The van der Waals surface area contributed by atoms with E-state index < -0.39 is 0 Å². The molecule has 0 N–H and O–H groups in total. The van der Waals surface area contributed by atoms with Crippen LogP contribution in [0, 0.1) is 6.92 Å². The zero-order valence-electron chi connectivity index (χ0n) is 9.11. The second-order valence-corrected chi connectivity index (χ2v) is 3.58. The van der Waals surface area contributed by atoms with Crippen LogP contribution in [0.4, 0.5) is 10.5 Å². The van der Waals surface area contributed by atoms with Crippen molar-refractivity contribution >= 4 is 11.7 Å². The minimum absolute atomic E-state index is 0.0180. The SMILES string of the molecule is Cc1cccc(N(C)C(=O)N(C)C)c1. The van der Waals surface area contributed by atoms with E-state index in [-0.39, 0.29) is 6.03 Å². The predicted molar refractivity (Wildman–Crippen MR) is 58.7 cm³/mol. The number of hydrogen-bond acceptors (Lipinski definition) is 1. The van der Waals surface area contributed by atoms with Crippen molar-refractivity contribution in [3.05, 3.63) is 29.8 Å². The van der Waals surface area contributed by atoms with Gasteiger partial charge in [0.1, 0.15) is 0 Å². The number of rotatable bonds is 1. The average molecular weight is 192 g/mol. The van der Waals surface area contributed by atoms with E-state index in [1.807, 2.05) is 31.2 Å². The first-order chi connectivity index (χ1) is 6.52. The molecule has 3 heteroatoms. The second-order valence-electron chi connectivity index (χ2n) is 3.58. The van der Waals surface area contributed by atoms with E-state index in [9.17, 15) is 4.79 Å². The van der Waals surface area contributed by atoms with Crippen LogP contribution < -0.4 is 4.90 Å². The Kier molecular flexibility index (Phi) is 3.12. The average Bonchev–Trinajstić information content (AvgIpc) is 2.15. The van der Waals surface area contributed by atoms with Gasteiger partial charge >= 0.3 is 6.03 Å². The number of aryl methyl sites for hydroxylation is 1. The topological polar surface area (TPSA) is 23.6 Å². The predicted octanol–water partition coefficient (Wildman–Crippen LogP) is 2.11. The maximum Gasteiger partial charge on any atom is 0.323 e. The van der Waals surface area contributed by atoms with Crippen LogP contribution in [0.2, 0.25) is 0 Å². The van der Waals surface area contributed by atoms with Crippen molar-refractivity contribution < 1.29 is 4.79 Å². The fourth-order valence-corrected chi connectivity index (χ4v) is 1.25. The molecule has 0 aliphatic heterocycles. The molecule has 0 heterocycles. The van der Waals surface area contributed by atoms with Gasteiger partial charge in [-0.25, -0.2) is 4.79 Å². The molecule has 0 aromatic heterocycles. The largest absolute Gasteiger partial charge is 0.330 e. The molecule has 1 rings (SSSR count). The zero-order valence-corrected chi connectivity index (χ0v) is 9.11. The third kappa shape index (κ3) is 2.25. The molecule has 2 amide bonds. The van der Waals surface area contributed by atoms with Gasteiger partial charge in [-0.15, -0.1) is 0 Å². The summed E-state index contributed by atoms with van der Waals surface area (Å²) in [6.07, 6.45) is 0. The lowest BCUT2D eigenvalue weighted by molar-refractivity contribution is 0.225. The molecule has 0 atom stereocenters. The molecule has 0 spiro atoms. The molecule has 0 saturated carbocycles. The Morgan fingerprint density at radius 1 is 1.21 bits per heavy atom. The van der Waals surface area contributed by atoms with E-state index in [1.54, 1.807) is 30.9 Å². The van der Waals surface area contributed by atoms with Gasteiger partial charge in [0.2, 0.25) is 0 Å². The number of amides is 2. The third-order valence-electron chi connectivity index (χ3n) is 2.06. The lowest BCUT2D eigenvalue weighted by Gasteiger charge is -2.22. The maximum atomic E-state index is 11.6. The first-order valence-corrected chi connectivity index (χ1v) is 4.54. The summed E-state index contributed by atoms with van der Waals surface area (Å²) >= 11 is 0. The van der Waals surface area contributed by atoms with Crippen molar-refractivity contribution in [2.75, 3.05) is 26.0 Å². The summed E-state index contributed by atoms with van der Waals surface area (Å²) in [4.78, 5) is 14.8. The van der Waals surface area contributed by atoms with E-state index in [2.05, 4.69) is 0 Å². The van der Waals surface area contributed by atoms with Gasteiger partial charge in [-0.3, -0.25) is 4.90 Å². The van der Waals surface area contributed by atoms with E-state index >= 15 is 0 Å². The summed E-state index contributed by atoms with van der Waals surface area (Å²) in [5.41, 5.74) is 2.07. The van der Waals surface area contributed by atoms with E-state index in [1.165, 1.54) is 0 Å². The minimum atomic E-state index is -0.0180. The third-order valence-corrected chi connectivity index (χ3v) is 2.06. The summed E-state index contributed by atoms with van der Waals surface area (Å²) in [5.74, 6) is 0. The quantitative estimate of drug-likeness (QED) is 0.668. The highest BCUT2D eigenvalue weighted by atomic mass is 16.2. The molecule has 3 nitrogen and oxygen atoms in total. The van der Waals surface area contributed by atoms with Crippen molar-refractivity contribution in [1.82, 2.24) is 4.90 Å². The zero-order chi connectivity index (χ0) is 10.7. The molecule has 1 aromatic rings. The van der Waals surface area contributed by atoms with Crippen LogP contribution in [0.5, 0.6) is 0 Å². The van der Waals surface area contributed by atoms with E-state index in [0.29, 0.717) is 0 Å². The highest BCUT2D eigenvalue weighted by molar-refractivity contribution is 5.91. The number of nitrogens with zero attached hydrogens (tertiary/aromatic N) is 2. The van der Waals surface area contributed by atoms with Gasteiger partial charge < -0.3 is 4.90 Å². The van der Waals surface area contributed by atoms with Gasteiger partial charge in [0, 0.05) is 26.8 Å². The summed E-state index contributed by atoms with van der Waals surface area (Å²) in [5, 5.41) is 0. The summed E-state index contributed by atoms with van der Waals surface area (Å²) in [6, 6.07) is 7.85. The fraction of sp³-hybridized carbons (Fsp3) is 0.364. The molecule has 1 aromatic carbocycles. The molecule has 0 unspecified atom stereocenters.